The van der Waals surface area contributed by atoms with Gasteiger partial charge in [-0.05, 0) is 24.5 Å². The van der Waals surface area contributed by atoms with Crippen LogP contribution in [0.3, 0.4) is 0 Å². The third-order valence-corrected chi connectivity index (χ3v) is 2.97. The molecule has 3 nitrogen and oxygen atoms in total. The second kappa shape index (κ2) is 5.62. The second-order valence-electron chi connectivity index (χ2n) is 4.48. The maximum Gasteiger partial charge on any atom is 0.140 e. The Kier molecular flexibility index (Phi) is 3.91. The monoisotopic (exact) mass is 232 g/mol. The smallest absolute Gasteiger partial charge is 0.140 e. The van der Waals surface area contributed by atoms with Gasteiger partial charge in [-0.1, -0.05) is 18.2 Å². The van der Waals surface area contributed by atoms with Gasteiger partial charge in [-0.25, -0.2) is 0 Å². The lowest BCUT2D eigenvalue weighted by atomic mass is 9.85. The number of carbonyl (C=O) groups is 2. The van der Waals surface area contributed by atoms with Crippen LogP contribution in [0.2, 0.25) is 0 Å². The topological polar surface area (TPSA) is 43.4 Å². The van der Waals surface area contributed by atoms with Crippen LogP contribution in [0.15, 0.2) is 30.3 Å². The van der Waals surface area contributed by atoms with Gasteiger partial charge >= 0.3 is 0 Å². The number of ether oxygens (including phenoxy) is 1. The molecule has 0 spiro atoms. The minimum atomic E-state index is 0.0750. The number of Topliss-reactive ketones (excluding diaryl/α,β-unsaturated/α-hetero) is 2. The Morgan fingerprint density at radius 3 is 2.35 bits per heavy atom. The summed E-state index contributed by atoms with van der Waals surface area (Å²) in [4.78, 5) is 22.5. The van der Waals surface area contributed by atoms with Gasteiger partial charge in [-0.2, -0.15) is 0 Å². The van der Waals surface area contributed by atoms with Crippen LogP contribution < -0.4 is 4.74 Å². The van der Waals surface area contributed by atoms with E-state index in [4.69, 9.17) is 4.74 Å². The lowest BCUT2D eigenvalue weighted by Gasteiger charge is -2.19. The van der Waals surface area contributed by atoms with E-state index in [9.17, 15) is 9.59 Å². The van der Waals surface area contributed by atoms with Crippen molar-refractivity contribution in [2.24, 2.45) is 5.92 Å². The molecular formula is C14H16O3. The first-order valence-electron chi connectivity index (χ1n) is 5.95. The van der Waals surface area contributed by atoms with E-state index in [1.54, 1.807) is 0 Å². The summed E-state index contributed by atoms with van der Waals surface area (Å²) >= 11 is 0. The molecule has 0 heterocycles. The maximum absolute atomic E-state index is 11.3. The van der Waals surface area contributed by atoms with Gasteiger partial charge in [0.15, 0.2) is 0 Å². The molecule has 1 saturated carbocycles. The van der Waals surface area contributed by atoms with E-state index < -0.39 is 0 Å². The molecule has 1 fully saturated rings. The zero-order valence-electron chi connectivity index (χ0n) is 9.72. The van der Waals surface area contributed by atoms with Crippen LogP contribution in [-0.4, -0.2) is 18.2 Å². The summed E-state index contributed by atoms with van der Waals surface area (Å²) in [6.45, 7) is 0.565. The minimum Gasteiger partial charge on any atom is -0.494 e. The number of para-hydroxylation sites is 1. The van der Waals surface area contributed by atoms with Crippen LogP contribution >= 0.6 is 0 Å². The molecule has 0 amide bonds. The summed E-state index contributed by atoms with van der Waals surface area (Å²) in [7, 11) is 0. The van der Waals surface area contributed by atoms with Crippen LogP contribution in [0.5, 0.6) is 5.75 Å². The fraction of sp³-hybridized carbons (Fsp3) is 0.429. The predicted octanol–water partition coefficient (Wildman–Crippen LogP) is 2.39. The number of hydrogen-bond acceptors (Lipinski definition) is 3. The van der Waals surface area contributed by atoms with Crippen LogP contribution in [0.4, 0.5) is 0 Å². The number of ketones is 2. The molecular weight excluding hydrogens is 216 g/mol. The van der Waals surface area contributed by atoms with Crippen LogP contribution in [0.25, 0.3) is 0 Å². The summed E-state index contributed by atoms with van der Waals surface area (Å²) in [6, 6.07) is 9.58. The molecule has 0 atom stereocenters. The molecule has 1 aromatic carbocycles. The molecule has 17 heavy (non-hydrogen) atoms. The Morgan fingerprint density at radius 1 is 1.06 bits per heavy atom. The average Bonchev–Trinajstić information content (AvgIpc) is 2.29. The summed E-state index contributed by atoms with van der Waals surface area (Å²) in [5.74, 6) is 1.16. The van der Waals surface area contributed by atoms with Crippen LogP contribution in [0.1, 0.15) is 25.7 Å². The molecule has 0 saturated heterocycles. The Hall–Kier alpha value is -1.64. The molecule has 0 aromatic heterocycles. The molecule has 1 aliphatic carbocycles. The van der Waals surface area contributed by atoms with Gasteiger partial charge in [0, 0.05) is 12.8 Å². The van der Waals surface area contributed by atoms with Crippen molar-refractivity contribution >= 4 is 11.6 Å². The Morgan fingerprint density at radius 2 is 1.71 bits per heavy atom. The molecule has 3 heteroatoms. The molecule has 2 rings (SSSR count). The standard InChI is InChI=1S/C14H16O3/c15-12-8-11(9-13(16)10-12)6-7-17-14-4-2-1-3-5-14/h1-5,11H,6-10H2. The first kappa shape index (κ1) is 11.8. The minimum absolute atomic E-state index is 0.0750. The molecule has 0 bridgehead atoms. The summed E-state index contributed by atoms with van der Waals surface area (Å²) in [5.41, 5.74) is 0. The molecule has 1 aromatic rings. The van der Waals surface area contributed by atoms with Crippen molar-refractivity contribution in [2.45, 2.75) is 25.7 Å². The normalized spacial score (nSPS) is 17.2. The first-order chi connectivity index (χ1) is 8.24. The molecule has 0 radical (unpaired) electrons. The highest BCUT2D eigenvalue weighted by molar-refractivity contribution is 6.01. The van der Waals surface area contributed by atoms with Crippen molar-refractivity contribution in [3.05, 3.63) is 30.3 Å². The second-order valence-corrected chi connectivity index (χ2v) is 4.48. The van der Waals surface area contributed by atoms with Crippen molar-refractivity contribution in [3.8, 4) is 5.75 Å². The lowest BCUT2D eigenvalue weighted by molar-refractivity contribution is -0.131. The van der Waals surface area contributed by atoms with Gasteiger partial charge in [0.05, 0.1) is 13.0 Å². The van der Waals surface area contributed by atoms with E-state index >= 15 is 0 Å². The Bertz CT molecular complexity index is 381. The fourth-order valence-corrected chi connectivity index (χ4v) is 2.14. The fourth-order valence-electron chi connectivity index (χ4n) is 2.14. The van der Waals surface area contributed by atoms with Crippen molar-refractivity contribution in [2.75, 3.05) is 6.61 Å². The van der Waals surface area contributed by atoms with Crippen molar-refractivity contribution in [1.29, 1.82) is 0 Å². The zero-order valence-corrected chi connectivity index (χ0v) is 9.72. The highest BCUT2D eigenvalue weighted by Crippen LogP contribution is 2.22. The Labute approximate surface area is 101 Å². The number of rotatable bonds is 4. The highest BCUT2D eigenvalue weighted by Gasteiger charge is 2.24. The van der Waals surface area contributed by atoms with Gasteiger partial charge in [-0.3, -0.25) is 9.59 Å². The van der Waals surface area contributed by atoms with E-state index in [0.29, 0.717) is 19.4 Å². The third-order valence-electron chi connectivity index (χ3n) is 2.97. The first-order valence-corrected chi connectivity index (χ1v) is 5.95. The lowest BCUT2D eigenvalue weighted by Crippen LogP contribution is -2.23. The molecule has 0 aliphatic heterocycles. The molecule has 0 unspecified atom stereocenters. The van der Waals surface area contributed by atoms with Gasteiger partial charge in [0.25, 0.3) is 0 Å². The SMILES string of the molecule is O=C1CC(=O)CC(CCOc2ccccc2)C1. The molecule has 0 N–H and O–H groups in total. The predicted molar refractivity (Wildman–Crippen MR) is 63.9 cm³/mol. The van der Waals surface area contributed by atoms with E-state index in [2.05, 4.69) is 0 Å². The summed E-state index contributed by atoms with van der Waals surface area (Å²) in [5, 5.41) is 0. The van der Waals surface area contributed by atoms with E-state index in [-0.39, 0.29) is 23.9 Å². The van der Waals surface area contributed by atoms with Crippen molar-refractivity contribution in [3.63, 3.8) is 0 Å². The zero-order chi connectivity index (χ0) is 12.1. The van der Waals surface area contributed by atoms with Gasteiger partial charge in [0.2, 0.25) is 0 Å². The van der Waals surface area contributed by atoms with Gasteiger partial charge in [0.1, 0.15) is 17.3 Å². The number of hydrogen-bond donors (Lipinski definition) is 0. The van der Waals surface area contributed by atoms with Crippen LogP contribution in [-0.2, 0) is 9.59 Å². The van der Waals surface area contributed by atoms with E-state index in [1.807, 2.05) is 30.3 Å². The van der Waals surface area contributed by atoms with E-state index in [1.165, 1.54) is 0 Å². The highest BCUT2D eigenvalue weighted by atomic mass is 16.5. The summed E-state index contributed by atoms with van der Waals surface area (Å²) < 4.78 is 5.56. The van der Waals surface area contributed by atoms with Crippen molar-refractivity contribution < 1.29 is 14.3 Å². The Balaban J connectivity index is 1.75. The maximum atomic E-state index is 11.3. The molecule has 1 aliphatic rings. The molecule has 90 valence electrons. The van der Waals surface area contributed by atoms with Crippen molar-refractivity contribution in [1.82, 2.24) is 0 Å². The quantitative estimate of drug-likeness (QED) is 0.749. The third kappa shape index (κ3) is 3.70. The number of benzene rings is 1. The van der Waals surface area contributed by atoms with Crippen LogP contribution in [0, 0.1) is 5.92 Å². The van der Waals surface area contributed by atoms with Gasteiger partial charge in [-0.15, -0.1) is 0 Å². The average molecular weight is 232 g/mol. The largest absolute Gasteiger partial charge is 0.494 e. The van der Waals surface area contributed by atoms with Gasteiger partial charge < -0.3 is 4.74 Å². The number of carbonyl (C=O) groups excluding carboxylic acids is 2. The van der Waals surface area contributed by atoms with E-state index in [0.717, 1.165) is 12.2 Å². The summed E-state index contributed by atoms with van der Waals surface area (Å²) in [6.07, 6.45) is 1.97.